The van der Waals surface area contributed by atoms with Crippen LogP contribution in [-0.4, -0.2) is 45.7 Å². The molecule has 2 atom stereocenters. The fourth-order valence-corrected chi connectivity index (χ4v) is 6.67. The van der Waals surface area contributed by atoms with Crippen molar-refractivity contribution in [3.8, 4) is 6.07 Å². The van der Waals surface area contributed by atoms with E-state index in [1.54, 1.807) is 48.7 Å². The molecule has 1 saturated carbocycles. The fraction of sp³-hybridized carbons (Fsp3) is 0.250. The normalized spacial score (nSPS) is 18.2. The zero-order valence-electron chi connectivity index (χ0n) is 23.5. The molecular formula is C32H24ClF2IN6O3. The molecule has 2 fully saturated rings. The second-order valence-corrected chi connectivity index (χ2v) is 12.6. The molecule has 3 amide bonds. The third kappa shape index (κ3) is 6.06. The maximum Gasteiger partial charge on any atom is 0.252 e. The summed E-state index contributed by atoms with van der Waals surface area (Å²) in [6.45, 7) is 0. The lowest BCUT2D eigenvalue weighted by Gasteiger charge is -2.39. The standard InChI is InChI=1S/C32H24ClF2IN6O3/c33-23-6-2-1-4-21(23)29(30(44)40-20-15-32(34,35)16-20)42(26-14-19(36)13-24-22(26)5-3-10-38-24)31(45)25-7-8-28(43)41(25)27-12-18(17-37)9-11-39-27/h1-6,9-14,20,25,29H,7-8,15-16H2,(H,40,44)/t25-,29-/m0/s1. The Hall–Kier alpha value is -4.22. The van der Waals surface area contributed by atoms with Gasteiger partial charge in [0, 0.05) is 57.2 Å². The van der Waals surface area contributed by atoms with Crippen LogP contribution in [0.25, 0.3) is 10.9 Å². The van der Waals surface area contributed by atoms with Crippen molar-refractivity contribution in [2.24, 2.45) is 0 Å². The van der Waals surface area contributed by atoms with Crippen molar-refractivity contribution in [1.82, 2.24) is 15.3 Å². The van der Waals surface area contributed by atoms with Gasteiger partial charge in [0.15, 0.2) is 0 Å². The fourth-order valence-electron chi connectivity index (χ4n) is 5.84. The number of amides is 3. The number of benzene rings is 2. The SMILES string of the molecule is N#Cc1ccnc(N2C(=O)CC[C@H]2C(=O)N(c2cc(I)cc3ncccc23)[C@H](C(=O)NC2CC(F)(F)C2)c2ccccc2Cl)c1. The molecule has 1 N–H and O–H groups in total. The first-order valence-electron chi connectivity index (χ1n) is 14.0. The number of anilines is 2. The highest BCUT2D eigenvalue weighted by molar-refractivity contribution is 14.1. The smallest absolute Gasteiger partial charge is 0.252 e. The second kappa shape index (κ2) is 12.3. The van der Waals surface area contributed by atoms with Gasteiger partial charge >= 0.3 is 0 Å². The molecule has 6 rings (SSSR count). The number of hydrogen-bond acceptors (Lipinski definition) is 6. The van der Waals surface area contributed by atoms with Crippen molar-refractivity contribution in [3.05, 3.63) is 92.8 Å². The van der Waals surface area contributed by atoms with Crippen molar-refractivity contribution in [1.29, 1.82) is 5.26 Å². The molecule has 0 radical (unpaired) electrons. The van der Waals surface area contributed by atoms with Gasteiger partial charge in [-0.1, -0.05) is 29.8 Å². The summed E-state index contributed by atoms with van der Waals surface area (Å²) < 4.78 is 28.3. The topological polar surface area (TPSA) is 119 Å². The Morgan fingerprint density at radius 1 is 1.11 bits per heavy atom. The van der Waals surface area contributed by atoms with E-state index >= 15 is 0 Å². The summed E-state index contributed by atoms with van der Waals surface area (Å²) in [6, 6.07) is 15.2. The first-order chi connectivity index (χ1) is 21.6. The highest BCUT2D eigenvalue weighted by Crippen LogP contribution is 2.41. The Kier molecular flexibility index (Phi) is 8.41. The lowest BCUT2D eigenvalue weighted by molar-refractivity contribution is -0.133. The molecule has 9 nitrogen and oxygen atoms in total. The van der Waals surface area contributed by atoms with E-state index in [1.807, 2.05) is 12.1 Å². The van der Waals surface area contributed by atoms with E-state index in [0.717, 1.165) is 0 Å². The summed E-state index contributed by atoms with van der Waals surface area (Å²) >= 11 is 8.75. The van der Waals surface area contributed by atoms with Gasteiger partial charge in [0.2, 0.25) is 11.8 Å². The van der Waals surface area contributed by atoms with Crippen LogP contribution >= 0.6 is 34.2 Å². The Morgan fingerprint density at radius 2 is 1.89 bits per heavy atom. The number of carbonyl (C=O) groups is 3. The van der Waals surface area contributed by atoms with Crippen molar-refractivity contribution >= 4 is 74.3 Å². The molecular weight excluding hydrogens is 717 g/mol. The predicted octanol–water partition coefficient (Wildman–Crippen LogP) is 5.94. The van der Waals surface area contributed by atoms with Crippen LogP contribution in [0.1, 0.15) is 42.9 Å². The molecule has 2 aliphatic rings. The average molecular weight is 741 g/mol. The summed E-state index contributed by atoms with van der Waals surface area (Å²) in [5.74, 6) is -4.45. The number of aromatic nitrogens is 2. The minimum atomic E-state index is -2.89. The van der Waals surface area contributed by atoms with Crippen LogP contribution in [-0.2, 0) is 14.4 Å². The highest BCUT2D eigenvalue weighted by atomic mass is 127. The summed E-state index contributed by atoms with van der Waals surface area (Å²) in [5.41, 5.74) is 1.40. The molecule has 2 aromatic carbocycles. The minimum absolute atomic E-state index is 0.0252. The number of halogens is 4. The van der Waals surface area contributed by atoms with Gasteiger partial charge in [0.1, 0.15) is 17.9 Å². The van der Waals surface area contributed by atoms with E-state index in [1.165, 1.54) is 28.1 Å². The predicted molar refractivity (Wildman–Crippen MR) is 172 cm³/mol. The van der Waals surface area contributed by atoms with Gasteiger partial charge < -0.3 is 5.32 Å². The van der Waals surface area contributed by atoms with Crippen LogP contribution in [0.2, 0.25) is 5.02 Å². The molecule has 228 valence electrons. The number of nitriles is 1. The highest BCUT2D eigenvalue weighted by Gasteiger charge is 2.49. The molecule has 2 aromatic heterocycles. The zero-order chi connectivity index (χ0) is 31.9. The number of alkyl halides is 2. The molecule has 13 heteroatoms. The largest absolute Gasteiger partial charge is 0.351 e. The van der Waals surface area contributed by atoms with Gasteiger partial charge in [-0.05, 0) is 71.5 Å². The van der Waals surface area contributed by atoms with E-state index in [2.05, 4.69) is 37.9 Å². The Morgan fingerprint density at radius 3 is 2.62 bits per heavy atom. The van der Waals surface area contributed by atoms with E-state index in [0.29, 0.717) is 20.2 Å². The monoisotopic (exact) mass is 740 g/mol. The molecule has 1 aliphatic carbocycles. The second-order valence-electron chi connectivity index (χ2n) is 10.9. The lowest BCUT2D eigenvalue weighted by Crippen LogP contribution is -2.56. The van der Waals surface area contributed by atoms with Crippen LogP contribution in [0.4, 0.5) is 20.3 Å². The van der Waals surface area contributed by atoms with Crippen molar-refractivity contribution in [3.63, 3.8) is 0 Å². The third-order valence-electron chi connectivity index (χ3n) is 7.92. The Balaban J connectivity index is 1.53. The average Bonchev–Trinajstić information content (AvgIpc) is 3.40. The molecule has 3 heterocycles. The van der Waals surface area contributed by atoms with Crippen molar-refractivity contribution < 1.29 is 23.2 Å². The number of pyridine rings is 2. The van der Waals surface area contributed by atoms with Gasteiger partial charge in [0.05, 0.1) is 22.8 Å². The number of fused-ring (bicyclic) bond motifs is 1. The zero-order valence-corrected chi connectivity index (χ0v) is 26.4. The van der Waals surface area contributed by atoms with Crippen LogP contribution < -0.4 is 15.1 Å². The van der Waals surface area contributed by atoms with Crippen molar-refractivity contribution in [2.45, 2.75) is 49.7 Å². The number of hydrogen-bond donors (Lipinski definition) is 1. The summed E-state index contributed by atoms with van der Waals surface area (Å²) in [7, 11) is 0. The Labute approximate surface area is 275 Å². The summed E-state index contributed by atoms with van der Waals surface area (Å²) in [4.78, 5) is 53.7. The lowest BCUT2D eigenvalue weighted by atomic mass is 9.87. The molecule has 0 bridgehead atoms. The van der Waals surface area contributed by atoms with E-state index < -0.39 is 48.7 Å². The van der Waals surface area contributed by atoms with Gasteiger partial charge in [0.25, 0.3) is 11.8 Å². The van der Waals surface area contributed by atoms with Gasteiger partial charge in [-0.2, -0.15) is 5.26 Å². The molecule has 0 unspecified atom stereocenters. The molecule has 1 aliphatic heterocycles. The molecule has 1 saturated heterocycles. The number of rotatable bonds is 7. The maximum absolute atomic E-state index is 15.0. The van der Waals surface area contributed by atoms with E-state index in [4.69, 9.17) is 11.6 Å². The quantitative estimate of drug-likeness (QED) is 0.234. The number of nitrogens with one attached hydrogen (secondary N) is 1. The minimum Gasteiger partial charge on any atom is -0.351 e. The van der Waals surface area contributed by atoms with Gasteiger partial charge in [-0.25, -0.2) is 13.8 Å². The van der Waals surface area contributed by atoms with E-state index in [9.17, 15) is 28.4 Å². The first kappa shape index (κ1) is 30.8. The molecule has 0 spiro atoms. The number of nitrogens with zero attached hydrogens (tertiary/aromatic N) is 5. The number of carbonyl (C=O) groups excluding carboxylic acids is 3. The van der Waals surface area contributed by atoms with Gasteiger partial charge in [-0.3, -0.25) is 29.2 Å². The Bertz CT molecular complexity index is 1880. The van der Waals surface area contributed by atoms with Gasteiger partial charge in [-0.15, -0.1) is 0 Å². The van der Waals surface area contributed by atoms with Crippen LogP contribution in [0.5, 0.6) is 0 Å². The maximum atomic E-state index is 15.0. The van der Waals surface area contributed by atoms with Crippen molar-refractivity contribution in [2.75, 3.05) is 9.80 Å². The molecule has 45 heavy (non-hydrogen) atoms. The third-order valence-corrected chi connectivity index (χ3v) is 8.89. The van der Waals surface area contributed by atoms with E-state index in [-0.39, 0.29) is 40.7 Å². The summed E-state index contributed by atoms with van der Waals surface area (Å²) in [6.07, 6.45) is 2.07. The first-order valence-corrected chi connectivity index (χ1v) is 15.5. The summed E-state index contributed by atoms with van der Waals surface area (Å²) in [5, 5.41) is 12.9. The molecule has 4 aromatic rings. The van der Waals surface area contributed by atoms with Crippen LogP contribution in [0, 0.1) is 14.9 Å². The van der Waals surface area contributed by atoms with Crippen LogP contribution in [0.3, 0.4) is 0 Å². The van der Waals surface area contributed by atoms with Crippen LogP contribution in [0.15, 0.2) is 73.1 Å².